The first-order valence-electron chi connectivity index (χ1n) is 10.4. The summed E-state index contributed by atoms with van der Waals surface area (Å²) in [6, 6.07) is 11.5. The minimum Gasteiger partial charge on any atom is -0.456 e. The van der Waals surface area contributed by atoms with E-state index in [4.69, 9.17) is 4.74 Å². The largest absolute Gasteiger partial charge is 0.456 e. The van der Waals surface area contributed by atoms with Crippen LogP contribution in [-0.2, 0) is 19.7 Å². The summed E-state index contributed by atoms with van der Waals surface area (Å²) in [5.74, 6) is -3.23. The second-order valence-corrected chi connectivity index (χ2v) is 8.51. The van der Waals surface area contributed by atoms with Crippen LogP contribution in [0.1, 0.15) is 40.1 Å². The van der Waals surface area contributed by atoms with Gasteiger partial charge in [0.1, 0.15) is 12.1 Å². The molecule has 2 aliphatic heterocycles. The van der Waals surface area contributed by atoms with Gasteiger partial charge in [-0.3, -0.25) is 34.2 Å². The first-order valence-corrected chi connectivity index (χ1v) is 10.4. The number of imide groups is 1. The zero-order chi connectivity index (χ0) is 24.8. The molecule has 174 valence electrons. The van der Waals surface area contributed by atoms with Crippen LogP contribution in [0.25, 0.3) is 0 Å². The van der Waals surface area contributed by atoms with E-state index in [-0.39, 0.29) is 11.1 Å². The van der Waals surface area contributed by atoms with Crippen LogP contribution in [0.15, 0.2) is 54.2 Å². The number of hydrogen-bond donors (Lipinski definition) is 0. The highest BCUT2D eigenvalue weighted by Gasteiger charge is 2.42. The van der Waals surface area contributed by atoms with E-state index in [9.17, 15) is 29.3 Å². The Morgan fingerprint density at radius 3 is 2.47 bits per heavy atom. The maximum absolute atomic E-state index is 12.6. The van der Waals surface area contributed by atoms with Gasteiger partial charge in [-0.05, 0) is 17.7 Å². The maximum Gasteiger partial charge on any atom is 0.326 e. The molecule has 2 aromatic carbocycles. The molecule has 10 nitrogen and oxygen atoms in total. The number of nitro groups is 1. The Bertz CT molecular complexity index is 1300. The quantitative estimate of drug-likeness (QED) is 0.210. The topological polar surface area (TPSA) is 127 Å². The van der Waals surface area contributed by atoms with Gasteiger partial charge in [0.25, 0.3) is 17.5 Å². The number of carbonyl (C=O) groups is 4. The molecule has 0 radical (unpaired) electrons. The zero-order valence-corrected chi connectivity index (χ0v) is 18.7. The van der Waals surface area contributed by atoms with Crippen LogP contribution in [0.5, 0.6) is 0 Å². The second kappa shape index (κ2) is 8.22. The minimum atomic E-state index is -0.980. The fourth-order valence-corrected chi connectivity index (χ4v) is 4.39. The summed E-state index contributed by atoms with van der Waals surface area (Å²) in [5.41, 5.74) is 1.31. The molecule has 4 rings (SSSR count). The molecule has 2 amide bonds. The van der Waals surface area contributed by atoms with Crippen molar-refractivity contribution in [3.8, 4) is 0 Å². The summed E-state index contributed by atoms with van der Waals surface area (Å²) < 4.78 is 5.00. The number of rotatable bonds is 6. The Hall–Kier alpha value is -4.34. The summed E-state index contributed by atoms with van der Waals surface area (Å²) in [4.78, 5) is 62.8. The summed E-state index contributed by atoms with van der Waals surface area (Å²) in [6.45, 7) is 2.64. The van der Waals surface area contributed by atoms with Crippen LogP contribution < -0.4 is 4.90 Å². The number of ether oxygens (including phenoxy) is 1. The Labute approximate surface area is 194 Å². The third kappa shape index (κ3) is 3.62. The monoisotopic (exact) mass is 463 g/mol. The SMILES string of the molecule is CN1/C(=C\C(=O)COC(=O)CN2C(=O)c3cccc([N+](=O)[O-])c3C2=O)C(C)(C)c2ccccc21. The van der Waals surface area contributed by atoms with Crippen LogP contribution in [0.3, 0.4) is 0 Å². The van der Waals surface area contributed by atoms with Crippen LogP contribution in [0, 0.1) is 10.1 Å². The van der Waals surface area contributed by atoms with Gasteiger partial charge < -0.3 is 9.64 Å². The molecule has 0 atom stereocenters. The van der Waals surface area contributed by atoms with E-state index in [0.29, 0.717) is 4.90 Å². The maximum atomic E-state index is 12.6. The lowest BCUT2D eigenvalue weighted by molar-refractivity contribution is -0.385. The molecule has 2 heterocycles. The highest BCUT2D eigenvalue weighted by molar-refractivity contribution is 6.24. The number of nitro benzene ring substituents is 1. The lowest BCUT2D eigenvalue weighted by atomic mass is 9.83. The number of carbonyl (C=O) groups excluding carboxylic acids is 4. The molecule has 0 bridgehead atoms. The van der Waals surface area contributed by atoms with Gasteiger partial charge in [0.05, 0.1) is 10.5 Å². The third-order valence-corrected chi connectivity index (χ3v) is 6.07. The Morgan fingerprint density at radius 2 is 1.79 bits per heavy atom. The Kier molecular flexibility index (Phi) is 5.52. The van der Waals surface area contributed by atoms with Gasteiger partial charge in [-0.2, -0.15) is 0 Å². The molecule has 0 aliphatic carbocycles. The van der Waals surface area contributed by atoms with Gasteiger partial charge in [-0.25, -0.2) is 0 Å². The second-order valence-electron chi connectivity index (χ2n) is 8.51. The fourth-order valence-electron chi connectivity index (χ4n) is 4.39. The van der Waals surface area contributed by atoms with Crippen molar-refractivity contribution in [2.45, 2.75) is 19.3 Å². The van der Waals surface area contributed by atoms with E-state index in [1.54, 1.807) is 0 Å². The summed E-state index contributed by atoms with van der Waals surface area (Å²) >= 11 is 0. The molecule has 2 aromatic rings. The van der Waals surface area contributed by atoms with Gasteiger partial charge in [-0.15, -0.1) is 0 Å². The van der Waals surface area contributed by atoms with E-state index < -0.39 is 52.7 Å². The van der Waals surface area contributed by atoms with Gasteiger partial charge in [0.2, 0.25) is 0 Å². The number of likely N-dealkylation sites (N-methyl/N-ethyl adjacent to an activating group) is 1. The summed E-state index contributed by atoms with van der Waals surface area (Å²) in [7, 11) is 1.85. The molecule has 0 unspecified atom stereocenters. The van der Waals surface area contributed by atoms with Crippen molar-refractivity contribution in [2.75, 3.05) is 25.1 Å². The molecule has 0 N–H and O–H groups in total. The number of ketones is 1. The molecule has 0 fully saturated rings. The molecule has 10 heteroatoms. The van der Waals surface area contributed by atoms with Crippen LogP contribution in [0.2, 0.25) is 0 Å². The number of anilines is 1. The zero-order valence-electron chi connectivity index (χ0n) is 18.7. The van der Waals surface area contributed by atoms with Gasteiger partial charge in [-0.1, -0.05) is 38.1 Å². The van der Waals surface area contributed by atoms with Crippen LogP contribution in [0.4, 0.5) is 11.4 Å². The number of esters is 1. The molecule has 0 spiro atoms. The van der Waals surface area contributed by atoms with Crippen molar-refractivity contribution >= 4 is 34.9 Å². The molecule has 0 saturated heterocycles. The van der Waals surface area contributed by atoms with Crippen molar-refractivity contribution < 1.29 is 28.8 Å². The first kappa shape index (κ1) is 22.8. The standard InChI is InChI=1S/C24H21N3O7/c1-24(2)16-8-4-5-9-17(16)25(3)19(24)11-14(28)13-34-20(29)12-26-22(30)15-7-6-10-18(27(32)33)21(15)23(26)31/h4-11H,12-13H2,1-3H3/b19-11-. The molecular formula is C24H21N3O7. The van der Waals surface area contributed by atoms with Gasteiger partial charge in [0, 0.05) is 36.0 Å². The van der Waals surface area contributed by atoms with Crippen LogP contribution >= 0.6 is 0 Å². The van der Waals surface area contributed by atoms with E-state index in [2.05, 4.69) is 0 Å². The fraction of sp³-hybridized carbons (Fsp3) is 0.250. The van der Waals surface area contributed by atoms with E-state index in [1.165, 1.54) is 18.2 Å². The molecule has 0 aromatic heterocycles. The van der Waals surface area contributed by atoms with Crippen molar-refractivity contribution in [2.24, 2.45) is 0 Å². The van der Waals surface area contributed by atoms with Crippen LogP contribution in [-0.4, -0.2) is 53.6 Å². The first-order chi connectivity index (χ1) is 16.0. The minimum absolute atomic E-state index is 0.154. The molecule has 2 aliphatic rings. The Balaban J connectivity index is 1.42. The van der Waals surface area contributed by atoms with Crippen molar-refractivity contribution in [3.05, 3.63) is 81.0 Å². The Morgan fingerprint density at radius 1 is 1.09 bits per heavy atom. The smallest absolute Gasteiger partial charge is 0.326 e. The van der Waals surface area contributed by atoms with Crippen molar-refractivity contribution in [1.29, 1.82) is 0 Å². The lowest BCUT2D eigenvalue weighted by Gasteiger charge is -2.23. The molecule has 0 saturated carbocycles. The number of benzene rings is 2. The highest BCUT2D eigenvalue weighted by Crippen LogP contribution is 2.46. The average molecular weight is 463 g/mol. The lowest BCUT2D eigenvalue weighted by Crippen LogP contribution is -2.36. The number of para-hydroxylation sites is 1. The number of fused-ring (bicyclic) bond motifs is 2. The highest BCUT2D eigenvalue weighted by atomic mass is 16.6. The number of allylic oxidation sites excluding steroid dienone is 1. The molecular weight excluding hydrogens is 442 g/mol. The van der Waals surface area contributed by atoms with Gasteiger partial charge >= 0.3 is 5.97 Å². The number of nitrogens with zero attached hydrogens (tertiary/aromatic N) is 3. The average Bonchev–Trinajstić information content (AvgIpc) is 3.15. The summed E-state index contributed by atoms with van der Waals surface area (Å²) in [6.07, 6.45) is 1.42. The van der Waals surface area contributed by atoms with Crippen molar-refractivity contribution in [1.82, 2.24) is 4.90 Å². The molecule has 34 heavy (non-hydrogen) atoms. The number of hydrogen-bond acceptors (Lipinski definition) is 8. The van der Waals surface area contributed by atoms with E-state index in [1.807, 2.05) is 50.1 Å². The van der Waals surface area contributed by atoms with Gasteiger partial charge in [0.15, 0.2) is 12.4 Å². The third-order valence-electron chi connectivity index (χ3n) is 6.07. The summed E-state index contributed by atoms with van der Waals surface area (Å²) in [5, 5.41) is 11.2. The number of amides is 2. The van der Waals surface area contributed by atoms with Crippen molar-refractivity contribution in [3.63, 3.8) is 0 Å². The normalized spacial score (nSPS) is 17.1. The predicted molar refractivity (Wildman–Crippen MR) is 120 cm³/mol. The van der Waals surface area contributed by atoms with E-state index >= 15 is 0 Å². The van der Waals surface area contributed by atoms with E-state index in [0.717, 1.165) is 23.0 Å². The predicted octanol–water partition coefficient (Wildman–Crippen LogP) is 2.61.